The molecule has 1 fully saturated rings. The van der Waals surface area contributed by atoms with E-state index in [9.17, 15) is 9.59 Å². The van der Waals surface area contributed by atoms with E-state index in [0.717, 1.165) is 25.0 Å². The van der Waals surface area contributed by atoms with E-state index in [1.807, 2.05) is 29.9 Å². The van der Waals surface area contributed by atoms with E-state index in [0.29, 0.717) is 6.54 Å². The first-order chi connectivity index (χ1) is 10.7. The summed E-state index contributed by atoms with van der Waals surface area (Å²) >= 11 is 0. The first-order valence-electron chi connectivity index (χ1n) is 7.30. The first-order valence-corrected chi connectivity index (χ1v) is 7.30. The van der Waals surface area contributed by atoms with E-state index in [4.69, 9.17) is 0 Å². The zero-order valence-corrected chi connectivity index (χ0v) is 12.4. The van der Waals surface area contributed by atoms with Gasteiger partial charge in [0.25, 0.3) is 0 Å². The predicted octanol–water partition coefficient (Wildman–Crippen LogP) is 1.71. The number of aromatic nitrogens is 2. The van der Waals surface area contributed by atoms with Crippen molar-refractivity contribution in [2.24, 2.45) is 7.05 Å². The molecule has 1 atom stereocenters. The quantitative estimate of drug-likeness (QED) is 0.856. The van der Waals surface area contributed by atoms with E-state index >= 15 is 0 Å². The lowest BCUT2D eigenvalue weighted by atomic mass is 9.99. The van der Waals surface area contributed by atoms with E-state index in [1.54, 1.807) is 4.90 Å². The lowest BCUT2D eigenvalue weighted by molar-refractivity contribution is -0.146. The molecule has 2 amide bonds. The normalized spacial score (nSPS) is 18.2. The van der Waals surface area contributed by atoms with Crippen molar-refractivity contribution in [3.63, 3.8) is 0 Å². The van der Waals surface area contributed by atoms with Gasteiger partial charge in [0.15, 0.2) is 5.82 Å². The van der Waals surface area contributed by atoms with Crippen LogP contribution < -0.4 is 5.32 Å². The Morgan fingerprint density at radius 1 is 1.36 bits per heavy atom. The molecule has 1 aliphatic rings. The summed E-state index contributed by atoms with van der Waals surface area (Å²) in [4.78, 5) is 26.3. The molecule has 116 valence electrons. The van der Waals surface area contributed by atoms with Gasteiger partial charge in [-0.3, -0.25) is 14.9 Å². The molecule has 1 N–H and O–H groups in total. The molecule has 22 heavy (non-hydrogen) atoms. The topological polar surface area (TPSA) is 80.4 Å². The van der Waals surface area contributed by atoms with Gasteiger partial charge in [0.2, 0.25) is 0 Å². The molecule has 2 aromatic rings. The summed E-state index contributed by atoms with van der Waals surface area (Å²) in [5.74, 6) is -0.977. The Bertz CT molecular complexity index is 662. The van der Waals surface area contributed by atoms with Gasteiger partial charge in [0.05, 0.1) is 6.04 Å². The molecule has 0 unspecified atom stereocenters. The van der Waals surface area contributed by atoms with Crippen LogP contribution in [-0.2, 0) is 16.6 Å². The SMILES string of the molecule is Cn1cccc1[C@@H]1CCCCN1C(=O)C(=O)Nc1ccon1. The molecule has 7 nitrogen and oxygen atoms in total. The molecule has 0 aliphatic carbocycles. The van der Waals surface area contributed by atoms with Gasteiger partial charge in [-0.2, -0.15) is 0 Å². The average molecular weight is 302 g/mol. The number of carbonyl (C=O) groups excluding carboxylic acids is 2. The van der Waals surface area contributed by atoms with Gasteiger partial charge >= 0.3 is 11.8 Å². The third kappa shape index (κ3) is 2.74. The highest BCUT2D eigenvalue weighted by molar-refractivity contribution is 6.39. The van der Waals surface area contributed by atoms with Crippen LogP contribution in [0.4, 0.5) is 5.82 Å². The third-order valence-corrected chi connectivity index (χ3v) is 3.96. The van der Waals surface area contributed by atoms with Crippen LogP contribution in [0, 0.1) is 0 Å². The fourth-order valence-electron chi connectivity index (χ4n) is 2.88. The third-order valence-electron chi connectivity index (χ3n) is 3.96. The molecule has 0 bridgehead atoms. The molecule has 2 aromatic heterocycles. The maximum absolute atomic E-state index is 12.5. The second-order valence-corrected chi connectivity index (χ2v) is 5.39. The van der Waals surface area contributed by atoms with E-state index in [-0.39, 0.29) is 11.9 Å². The first kappa shape index (κ1) is 14.4. The van der Waals surface area contributed by atoms with Gasteiger partial charge in [-0.15, -0.1) is 0 Å². The molecule has 1 saturated heterocycles. The minimum atomic E-state index is -0.685. The van der Waals surface area contributed by atoms with Crippen molar-refractivity contribution < 1.29 is 14.1 Å². The Morgan fingerprint density at radius 3 is 2.91 bits per heavy atom. The second-order valence-electron chi connectivity index (χ2n) is 5.39. The number of likely N-dealkylation sites (tertiary alicyclic amines) is 1. The van der Waals surface area contributed by atoms with E-state index in [2.05, 4.69) is 15.0 Å². The molecule has 3 heterocycles. The standard InChI is InChI=1S/C15H18N4O3/c1-18-8-4-6-11(18)12-5-2-3-9-19(12)15(21)14(20)16-13-7-10-22-17-13/h4,6-8,10,12H,2-3,5,9H2,1H3,(H,16,17,20)/t12-/m0/s1. The number of carbonyl (C=O) groups is 2. The summed E-state index contributed by atoms with van der Waals surface area (Å²) in [6.45, 7) is 0.584. The molecule has 0 saturated carbocycles. The van der Waals surface area contributed by atoms with Gasteiger partial charge in [-0.05, 0) is 31.4 Å². The molecule has 0 aromatic carbocycles. The summed E-state index contributed by atoms with van der Waals surface area (Å²) in [5, 5.41) is 6.04. The zero-order valence-electron chi connectivity index (χ0n) is 12.4. The van der Waals surface area contributed by atoms with Crippen molar-refractivity contribution in [1.29, 1.82) is 0 Å². The van der Waals surface area contributed by atoms with Gasteiger partial charge < -0.3 is 14.0 Å². The van der Waals surface area contributed by atoms with Crippen molar-refractivity contribution in [3.8, 4) is 0 Å². The van der Waals surface area contributed by atoms with Crippen LogP contribution in [0.15, 0.2) is 35.2 Å². The number of amides is 2. The lowest BCUT2D eigenvalue weighted by Gasteiger charge is -2.35. The minimum absolute atomic E-state index is 0.0655. The highest BCUT2D eigenvalue weighted by atomic mass is 16.5. The van der Waals surface area contributed by atoms with Crippen molar-refractivity contribution in [2.45, 2.75) is 25.3 Å². The molecule has 3 rings (SSSR count). The Kier molecular flexibility index (Phi) is 3.95. The molecule has 7 heteroatoms. The summed E-state index contributed by atoms with van der Waals surface area (Å²) in [6, 6.07) is 5.37. The maximum atomic E-state index is 12.5. The maximum Gasteiger partial charge on any atom is 0.315 e. The van der Waals surface area contributed by atoms with Crippen LogP contribution in [0.2, 0.25) is 0 Å². The van der Waals surface area contributed by atoms with Crippen LogP contribution in [0.25, 0.3) is 0 Å². The van der Waals surface area contributed by atoms with Crippen molar-refractivity contribution in [3.05, 3.63) is 36.4 Å². The second kappa shape index (κ2) is 6.05. The van der Waals surface area contributed by atoms with Crippen LogP contribution >= 0.6 is 0 Å². The van der Waals surface area contributed by atoms with Gasteiger partial charge in [-0.25, -0.2) is 0 Å². The van der Waals surface area contributed by atoms with Crippen LogP contribution in [0.5, 0.6) is 0 Å². The van der Waals surface area contributed by atoms with Gasteiger partial charge in [-0.1, -0.05) is 5.16 Å². The molecule has 1 aliphatic heterocycles. The summed E-state index contributed by atoms with van der Waals surface area (Å²) in [6.07, 6.45) is 6.10. The Morgan fingerprint density at radius 2 is 2.23 bits per heavy atom. The van der Waals surface area contributed by atoms with E-state index < -0.39 is 11.8 Å². The fourth-order valence-corrected chi connectivity index (χ4v) is 2.88. The number of aryl methyl sites for hydroxylation is 1. The number of hydrogen-bond acceptors (Lipinski definition) is 4. The Labute approximate surface area is 127 Å². The van der Waals surface area contributed by atoms with E-state index in [1.165, 1.54) is 12.3 Å². The Hall–Kier alpha value is -2.57. The van der Waals surface area contributed by atoms with Crippen molar-refractivity contribution >= 4 is 17.6 Å². The number of nitrogens with zero attached hydrogens (tertiary/aromatic N) is 3. The molecule has 0 spiro atoms. The monoisotopic (exact) mass is 302 g/mol. The highest BCUT2D eigenvalue weighted by Gasteiger charge is 2.33. The summed E-state index contributed by atoms with van der Waals surface area (Å²) < 4.78 is 6.64. The molecular formula is C15H18N4O3. The van der Waals surface area contributed by atoms with Crippen LogP contribution in [-0.4, -0.2) is 33.0 Å². The predicted molar refractivity (Wildman–Crippen MR) is 78.9 cm³/mol. The summed E-state index contributed by atoms with van der Waals surface area (Å²) in [7, 11) is 1.95. The lowest BCUT2D eigenvalue weighted by Crippen LogP contribution is -2.44. The number of nitrogens with one attached hydrogen (secondary N) is 1. The van der Waals surface area contributed by atoms with Crippen LogP contribution in [0.3, 0.4) is 0 Å². The van der Waals surface area contributed by atoms with Crippen molar-refractivity contribution in [2.75, 3.05) is 11.9 Å². The van der Waals surface area contributed by atoms with Crippen LogP contribution in [0.1, 0.15) is 31.0 Å². The number of rotatable bonds is 2. The Balaban J connectivity index is 1.77. The number of anilines is 1. The summed E-state index contributed by atoms with van der Waals surface area (Å²) in [5.41, 5.74) is 1.04. The van der Waals surface area contributed by atoms with Crippen molar-refractivity contribution in [1.82, 2.24) is 14.6 Å². The van der Waals surface area contributed by atoms with Gasteiger partial charge in [0.1, 0.15) is 6.26 Å². The number of hydrogen-bond donors (Lipinski definition) is 1. The number of piperidine rings is 1. The fraction of sp³-hybridized carbons (Fsp3) is 0.400. The molecule has 0 radical (unpaired) electrons. The highest BCUT2D eigenvalue weighted by Crippen LogP contribution is 2.31. The zero-order chi connectivity index (χ0) is 15.5. The largest absolute Gasteiger partial charge is 0.363 e. The molecular weight excluding hydrogens is 284 g/mol. The van der Waals surface area contributed by atoms with Gasteiger partial charge in [0, 0.05) is 31.5 Å². The smallest absolute Gasteiger partial charge is 0.315 e. The average Bonchev–Trinajstić information content (AvgIpc) is 3.18. The minimum Gasteiger partial charge on any atom is -0.363 e.